The van der Waals surface area contributed by atoms with E-state index in [4.69, 9.17) is 24.1 Å². The molecule has 102 valence electrons. The van der Waals surface area contributed by atoms with E-state index in [1.54, 1.807) is 14.2 Å². The highest BCUT2D eigenvalue weighted by Crippen LogP contribution is 1.79. The topological polar surface area (TPSA) is 74.2 Å². The molecule has 0 aliphatic heterocycles. The monoisotopic (exact) mass is 250 g/mol. The van der Waals surface area contributed by atoms with Crippen LogP contribution in [0.2, 0.25) is 0 Å². The molecule has 6 heteroatoms. The van der Waals surface area contributed by atoms with E-state index in [1.165, 1.54) is 0 Å². The summed E-state index contributed by atoms with van der Waals surface area (Å²) in [5, 5.41) is 7.60. The highest BCUT2D eigenvalue weighted by atomic mass is 16.5. The minimum atomic E-state index is -0.981. The lowest BCUT2D eigenvalue weighted by molar-refractivity contribution is -0.131. The van der Waals surface area contributed by atoms with E-state index < -0.39 is 5.97 Å². The van der Waals surface area contributed by atoms with Gasteiger partial charge in [-0.25, -0.2) is 4.79 Å². The number of rotatable bonds is 10. The van der Waals surface area contributed by atoms with E-state index >= 15 is 0 Å². The molecule has 0 heterocycles. The summed E-state index contributed by atoms with van der Waals surface area (Å²) in [6, 6.07) is 0. The van der Waals surface area contributed by atoms with Gasteiger partial charge in [0.15, 0.2) is 0 Å². The van der Waals surface area contributed by atoms with Crippen LogP contribution in [0.25, 0.3) is 0 Å². The van der Waals surface area contributed by atoms with Gasteiger partial charge >= 0.3 is 5.97 Å². The molecule has 0 amide bonds. The van der Waals surface area contributed by atoms with Crippen LogP contribution in [0.4, 0.5) is 0 Å². The van der Waals surface area contributed by atoms with Crippen LogP contribution in [0.3, 0.4) is 0 Å². The highest BCUT2D eigenvalue weighted by Gasteiger charge is 1.88. The van der Waals surface area contributed by atoms with E-state index in [0.717, 1.165) is 6.08 Å². The van der Waals surface area contributed by atoms with Gasteiger partial charge < -0.3 is 24.1 Å². The predicted molar refractivity (Wildman–Crippen MR) is 63.2 cm³/mol. The first kappa shape index (κ1) is 18.4. The van der Waals surface area contributed by atoms with Crippen molar-refractivity contribution in [2.24, 2.45) is 0 Å². The van der Waals surface area contributed by atoms with E-state index in [0.29, 0.717) is 39.6 Å². The van der Waals surface area contributed by atoms with Crippen molar-refractivity contribution in [2.45, 2.75) is 0 Å². The van der Waals surface area contributed by atoms with E-state index in [9.17, 15) is 4.79 Å². The molecular weight excluding hydrogens is 228 g/mol. The van der Waals surface area contributed by atoms with Gasteiger partial charge in [-0.05, 0) is 0 Å². The van der Waals surface area contributed by atoms with Gasteiger partial charge in [0.1, 0.15) is 0 Å². The predicted octanol–water partition coefficient (Wildman–Crippen LogP) is 0.569. The molecular formula is C11H22O6. The molecule has 0 fully saturated rings. The van der Waals surface area contributed by atoms with Crippen LogP contribution in [0.5, 0.6) is 0 Å². The normalized spacial score (nSPS) is 9.29. The van der Waals surface area contributed by atoms with Crippen molar-refractivity contribution in [3.8, 4) is 0 Å². The van der Waals surface area contributed by atoms with Crippen molar-refractivity contribution in [1.29, 1.82) is 0 Å². The molecule has 0 aliphatic carbocycles. The first-order valence-electron chi connectivity index (χ1n) is 5.17. The van der Waals surface area contributed by atoms with E-state index in [2.05, 4.69) is 6.58 Å². The molecule has 17 heavy (non-hydrogen) atoms. The molecule has 0 radical (unpaired) electrons. The zero-order valence-corrected chi connectivity index (χ0v) is 10.5. The standard InChI is InChI=1S/C8H18O4.C3H4O2/c1-9-3-5-11-7-8-12-6-4-10-2;1-2-3(4)5/h3-8H2,1-2H3;2H,1H2,(H,4,5). The zero-order valence-electron chi connectivity index (χ0n) is 10.5. The molecule has 0 rings (SSSR count). The molecule has 0 bridgehead atoms. The summed E-state index contributed by atoms with van der Waals surface area (Å²) in [7, 11) is 3.30. The second kappa shape index (κ2) is 17.4. The molecule has 0 saturated carbocycles. The third-order valence-electron chi connectivity index (χ3n) is 1.41. The Hall–Kier alpha value is -0.950. The molecule has 0 aromatic carbocycles. The van der Waals surface area contributed by atoms with Crippen molar-refractivity contribution in [3.63, 3.8) is 0 Å². The number of ether oxygens (including phenoxy) is 4. The Morgan fingerprint density at radius 2 is 1.29 bits per heavy atom. The quantitative estimate of drug-likeness (QED) is 0.451. The summed E-state index contributed by atoms with van der Waals surface area (Å²) in [6.07, 6.45) is 0.833. The maximum absolute atomic E-state index is 9.25. The lowest BCUT2D eigenvalue weighted by Crippen LogP contribution is -2.10. The Balaban J connectivity index is 0. The number of carboxylic acid groups (broad SMARTS) is 1. The summed E-state index contributed by atoms with van der Waals surface area (Å²) >= 11 is 0. The third kappa shape index (κ3) is 25.4. The Kier molecular flexibility index (Phi) is 18.9. The minimum absolute atomic E-state index is 0.618. The fourth-order valence-electron chi connectivity index (χ4n) is 0.606. The largest absolute Gasteiger partial charge is 0.478 e. The Morgan fingerprint density at radius 3 is 1.53 bits per heavy atom. The van der Waals surface area contributed by atoms with Gasteiger partial charge in [0, 0.05) is 20.3 Å². The molecule has 0 atom stereocenters. The summed E-state index contributed by atoms with van der Waals surface area (Å²) in [5.41, 5.74) is 0. The number of hydrogen-bond donors (Lipinski definition) is 1. The Morgan fingerprint density at radius 1 is 1.00 bits per heavy atom. The van der Waals surface area contributed by atoms with Crippen molar-refractivity contribution < 1.29 is 28.8 Å². The van der Waals surface area contributed by atoms with Crippen molar-refractivity contribution >= 4 is 5.97 Å². The fraction of sp³-hybridized carbons (Fsp3) is 0.727. The number of methoxy groups -OCH3 is 2. The van der Waals surface area contributed by atoms with Crippen LogP contribution >= 0.6 is 0 Å². The number of aliphatic carboxylic acids is 1. The first-order valence-corrected chi connectivity index (χ1v) is 5.17. The van der Waals surface area contributed by atoms with Gasteiger partial charge in [-0.15, -0.1) is 0 Å². The van der Waals surface area contributed by atoms with Gasteiger partial charge in [0.25, 0.3) is 0 Å². The van der Waals surface area contributed by atoms with Crippen LogP contribution < -0.4 is 0 Å². The average molecular weight is 250 g/mol. The van der Waals surface area contributed by atoms with Crippen LogP contribution in [-0.2, 0) is 23.7 Å². The van der Waals surface area contributed by atoms with Crippen molar-refractivity contribution in [1.82, 2.24) is 0 Å². The molecule has 0 aromatic rings. The van der Waals surface area contributed by atoms with Gasteiger partial charge in [-0.3, -0.25) is 0 Å². The lowest BCUT2D eigenvalue weighted by atomic mass is 10.7. The van der Waals surface area contributed by atoms with Gasteiger partial charge in [0.2, 0.25) is 0 Å². The summed E-state index contributed by atoms with van der Waals surface area (Å²) < 4.78 is 19.9. The zero-order chi connectivity index (χ0) is 13.4. The molecule has 0 saturated heterocycles. The molecule has 0 unspecified atom stereocenters. The second-order valence-corrected chi connectivity index (χ2v) is 2.75. The van der Waals surface area contributed by atoms with Crippen LogP contribution in [0.15, 0.2) is 12.7 Å². The molecule has 6 nitrogen and oxygen atoms in total. The Labute approximate surface area is 102 Å². The van der Waals surface area contributed by atoms with Crippen molar-refractivity contribution in [3.05, 3.63) is 12.7 Å². The summed E-state index contributed by atoms with van der Waals surface area (Å²) in [4.78, 5) is 9.25. The number of carboxylic acids is 1. The van der Waals surface area contributed by atoms with Crippen LogP contribution in [0.1, 0.15) is 0 Å². The first-order chi connectivity index (χ1) is 8.18. The van der Waals surface area contributed by atoms with Crippen LogP contribution in [-0.4, -0.2) is 64.9 Å². The highest BCUT2D eigenvalue weighted by molar-refractivity contribution is 5.78. The van der Waals surface area contributed by atoms with E-state index in [1.807, 2.05) is 0 Å². The SMILES string of the molecule is C=CC(=O)O.COCCOCCOCCOC. The number of carbonyl (C=O) groups is 1. The fourth-order valence-corrected chi connectivity index (χ4v) is 0.606. The van der Waals surface area contributed by atoms with Crippen LogP contribution in [0, 0.1) is 0 Å². The smallest absolute Gasteiger partial charge is 0.327 e. The van der Waals surface area contributed by atoms with Gasteiger partial charge in [-0.2, -0.15) is 0 Å². The maximum atomic E-state index is 9.25. The summed E-state index contributed by atoms with van der Waals surface area (Å²) in [6.45, 7) is 6.73. The second-order valence-electron chi connectivity index (χ2n) is 2.75. The molecule has 0 spiro atoms. The Bertz CT molecular complexity index is 161. The molecule has 0 aromatic heterocycles. The summed E-state index contributed by atoms with van der Waals surface area (Å²) in [5.74, 6) is -0.981. The maximum Gasteiger partial charge on any atom is 0.327 e. The molecule has 1 N–H and O–H groups in total. The minimum Gasteiger partial charge on any atom is -0.478 e. The lowest BCUT2D eigenvalue weighted by Gasteiger charge is -2.04. The third-order valence-corrected chi connectivity index (χ3v) is 1.41. The van der Waals surface area contributed by atoms with Gasteiger partial charge in [0.05, 0.1) is 39.6 Å². The molecule has 0 aliphatic rings. The number of hydrogen-bond acceptors (Lipinski definition) is 5. The van der Waals surface area contributed by atoms with E-state index in [-0.39, 0.29) is 0 Å². The van der Waals surface area contributed by atoms with Crippen molar-refractivity contribution in [2.75, 3.05) is 53.9 Å². The van der Waals surface area contributed by atoms with Gasteiger partial charge in [-0.1, -0.05) is 6.58 Å². The average Bonchev–Trinajstić information content (AvgIpc) is 2.33.